The Morgan fingerprint density at radius 3 is 2.65 bits per heavy atom. The van der Waals surface area contributed by atoms with Gasteiger partial charge in [-0.2, -0.15) is 0 Å². The fraction of sp³-hybridized carbons (Fsp3) is 0.381. The normalized spacial score (nSPS) is 14.3. The second kappa shape index (κ2) is 8.45. The van der Waals surface area contributed by atoms with Crippen LogP contribution in [-0.2, 0) is 17.6 Å². The number of halogens is 1. The second-order valence-corrected chi connectivity index (χ2v) is 6.92. The van der Waals surface area contributed by atoms with Crippen LogP contribution in [0.2, 0.25) is 5.02 Å². The number of hydrogen-bond donors (Lipinski definition) is 1. The average molecular weight is 374 g/mol. The van der Waals surface area contributed by atoms with Crippen LogP contribution in [0.3, 0.4) is 0 Å². The maximum atomic E-state index is 12.7. The van der Waals surface area contributed by atoms with Gasteiger partial charge in [-0.15, -0.1) is 0 Å². The van der Waals surface area contributed by atoms with E-state index in [0.717, 1.165) is 18.6 Å². The van der Waals surface area contributed by atoms with Crippen molar-refractivity contribution >= 4 is 23.2 Å². The SMILES string of the molecule is CC[C@H](Oc1ccc2c(c1)CCCC2)C(=O)Nc1cc(Cl)ccc1OC. The standard InChI is InChI=1S/C21H24ClNO3/c1-3-19(21(24)23-18-13-16(22)9-11-20(18)25-2)26-17-10-8-14-6-4-5-7-15(14)12-17/h8-13,19H,3-7H2,1-2H3,(H,23,24)/t19-/m0/s1. The number of aryl methyl sites for hydroxylation is 2. The minimum Gasteiger partial charge on any atom is -0.495 e. The summed E-state index contributed by atoms with van der Waals surface area (Å²) in [6, 6.07) is 11.3. The topological polar surface area (TPSA) is 47.6 Å². The van der Waals surface area contributed by atoms with Gasteiger partial charge in [0.1, 0.15) is 11.5 Å². The van der Waals surface area contributed by atoms with Gasteiger partial charge in [-0.1, -0.05) is 24.6 Å². The lowest BCUT2D eigenvalue weighted by Gasteiger charge is -2.21. The smallest absolute Gasteiger partial charge is 0.265 e. The molecule has 1 aliphatic carbocycles. The molecule has 2 aromatic carbocycles. The Balaban J connectivity index is 1.72. The van der Waals surface area contributed by atoms with Crippen LogP contribution in [0.15, 0.2) is 36.4 Å². The molecule has 0 saturated heterocycles. The van der Waals surface area contributed by atoms with E-state index in [0.29, 0.717) is 22.9 Å². The van der Waals surface area contributed by atoms with Gasteiger partial charge in [0, 0.05) is 5.02 Å². The largest absolute Gasteiger partial charge is 0.495 e. The average Bonchev–Trinajstić information content (AvgIpc) is 2.66. The molecular formula is C21H24ClNO3. The summed E-state index contributed by atoms with van der Waals surface area (Å²) in [5.74, 6) is 1.09. The van der Waals surface area contributed by atoms with E-state index in [1.54, 1.807) is 25.3 Å². The number of anilines is 1. The molecule has 4 nitrogen and oxygen atoms in total. The zero-order valence-electron chi connectivity index (χ0n) is 15.2. The number of ether oxygens (including phenoxy) is 2. The summed E-state index contributed by atoms with van der Waals surface area (Å²) >= 11 is 6.03. The maximum absolute atomic E-state index is 12.7. The molecule has 0 unspecified atom stereocenters. The lowest BCUT2D eigenvalue weighted by atomic mass is 9.92. The van der Waals surface area contributed by atoms with Crippen LogP contribution in [0.1, 0.15) is 37.3 Å². The number of rotatable bonds is 6. The number of carbonyl (C=O) groups excluding carboxylic acids is 1. The lowest BCUT2D eigenvalue weighted by Crippen LogP contribution is -2.32. The highest BCUT2D eigenvalue weighted by molar-refractivity contribution is 6.31. The highest BCUT2D eigenvalue weighted by Crippen LogP contribution is 2.29. The van der Waals surface area contributed by atoms with Crippen molar-refractivity contribution in [2.45, 2.75) is 45.1 Å². The van der Waals surface area contributed by atoms with Crippen molar-refractivity contribution in [1.29, 1.82) is 0 Å². The summed E-state index contributed by atoms with van der Waals surface area (Å²) in [6.07, 6.45) is 4.64. The fourth-order valence-corrected chi connectivity index (χ4v) is 3.43. The predicted molar refractivity (Wildman–Crippen MR) is 104 cm³/mol. The predicted octanol–water partition coefficient (Wildman–Crippen LogP) is 5.02. The van der Waals surface area contributed by atoms with E-state index >= 15 is 0 Å². The van der Waals surface area contributed by atoms with Crippen molar-refractivity contribution in [2.24, 2.45) is 0 Å². The first kappa shape index (κ1) is 18.6. The number of hydrogen-bond acceptors (Lipinski definition) is 3. The quantitative estimate of drug-likeness (QED) is 0.773. The molecule has 0 aromatic heterocycles. The summed E-state index contributed by atoms with van der Waals surface area (Å²) in [5.41, 5.74) is 3.27. The molecule has 0 aliphatic heterocycles. The van der Waals surface area contributed by atoms with Crippen molar-refractivity contribution in [3.63, 3.8) is 0 Å². The van der Waals surface area contributed by atoms with Crippen molar-refractivity contribution in [2.75, 3.05) is 12.4 Å². The second-order valence-electron chi connectivity index (χ2n) is 6.49. The number of benzene rings is 2. The molecule has 5 heteroatoms. The molecular weight excluding hydrogens is 350 g/mol. The van der Waals surface area contributed by atoms with E-state index in [1.807, 2.05) is 13.0 Å². The number of methoxy groups -OCH3 is 1. The molecule has 3 rings (SSSR count). The molecule has 1 aliphatic rings. The Hall–Kier alpha value is -2.20. The maximum Gasteiger partial charge on any atom is 0.265 e. The summed E-state index contributed by atoms with van der Waals surface area (Å²) in [7, 11) is 1.56. The monoisotopic (exact) mass is 373 g/mol. The van der Waals surface area contributed by atoms with Gasteiger partial charge in [-0.25, -0.2) is 0 Å². The van der Waals surface area contributed by atoms with Gasteiger partial charge >= 0.3 is 0 Å². The molecule has 1 atom stereocenters. The summed E-state index contributed by atoms with van der Waals surface area (Å²) in [4.78, 5) is 12.7. The van der Waals surface area contributed by atoms with Crippen LogP contribution < -0.4 is 14.8 Å². The summed E-state index contributed by atoms with van der Waals surface area (Å²) in [6.45, 7) is 1.93. The minimum atomic E-state index is -0.583. The highest BCUT2D eigenvalue weighted by Gasteiger charge is 2.21. The van der Waals surface area contributed by atoms with Gasteiger partial charge in [0.25, 0.3) is 5.91 Å². The van der Waals surface area contributed by atoms with Gasteiger partial charge < -0.3 is 14.8 Å². The summed E-state index contributed by atoms with van der Waals surface area (Å²) in [5, 5.41) is 3.39. The van der Waals surface area contributed by atoms with Gasteiger partial charge in [0.2, 0.25) is 0 Å². The molecule has 1 N–H and O–H groups in total. The van der Waals surface area contributed by atoms with E-state index in [9.17, 15) is 4.79 Å². The first-order valence-electron chi connectivity index (χ1n) is 9.03. The van der Waals surface area contributed by atoms with Gasteiger partial charge in [-0.3, -0.25) is 4.79 Å². The van der Waals surface area contributed by atoms with E-state index in [-0.39, 0.29) is 5.91 Å². The minimum absolute atomic E-state index is 0.217. The van der Waals surface area contributed by atoms with Crippen LogP contribution in [0.5, 0.6) is 11.5 Å². The molecule has 0 fully saturated rings. The van der Waals surface area contributed by atoms with Crippen LogP contribution in [0.4, 0.5) is 5.69 Å². The fourth-order valence-electron chi connectivity index (χ4n) is 3.26. The number of nitrogens with one attached hydrogen (secondary N) is 1. The van der Waals surface area contributed by atoms with E-state index < -0.39 is 6.10 Å². The Morgan fingerprint density at radius 2 is 1.92 bits per heavy atom. The molecule has 0 radical (unpaired) electrons. The van der Waals surface area contributed by atoms with Gasteiger partial charge in [0.15, 0.2) is 6.10 Å². The Kier molecular flexibility index (Phi) is 6.04. The molecule has 2 aromatic rings. The summed E-state index contributed by atoms with van der Waals surface area (Å²) < 4.78 is 11.3. The molecule has 26 heavy (non-hydrogen) atoms. The van der Waals surface area contributed by atoms with Crippen LogP contribution in [0, 0.1) is 0 Å². The van der Waals surface area contributed by atoms with Gasteiger partial charge in [0.05, 0.1) is 12.8 Å². The van der Waals surface area contributed by atoms with Crippen molar-refractivity contribution in [1.82, 2.24) is 0 Å². The molecule has 0 spiro atoms. The van der Waals surface area contributed by atoms with E-state index in [2.05, 4.69) is 17.4 Å². The molecule has 0 saturated carbocycles. The zero-order chi connectivity index (χ0) is 18.5. The van der Waals surface area contributed by atoms with Gasteiger partial charge in [-0.05, 0) is 73.6 Å². The molecule has 0 bridgehead atoms. The number of amides is 1. The third-order valence-electron chi connectivity index (χ3n) is 4.68. The van der Waals surface area contributed by atoms with E-state index in [4.69, 9.17) is 21.1 Å². The van der Waals surface area contributed by atoms with Crippen LogP contribution >= 0.6 is 11.6 Å². The van der Waals surface area contributed by atoms with Crippen molar-refractivity contribution in [3.8, 4) is 11.5 Å². The highest BCUT2D eigenvalue weighted by atomic mass is 35.5. The number of carbonyl (C=O) groups is 1. The Morgan fingerprint density at radius 1 is 1.15 bits per heavy atom. The Bertz CT molecular complexity index is 791. The first-order valence-corrected chi connectivity index (χ1v) is 9.41. The first-order chi connectivity index (χ1) is 12.6. The third-order valence-corrected chi connectivity index (χ3v) is 4.92. The number of fused-ring (bicyclic) bond motifs is 1. The third kappa shape index (κ3) is 4.31. The van der Waals surface area contributed by atoms with Crippen molar-refractivity contribution < 1.29 is 14.3 Å². The lowest BCUT2D eigenvalue weighted by molar-refractivity contribution is -0.122. The van der Waals surface area contributed by atoms with Crippen molar-refractivity contribution in [3.05, 3.63) is 52.5 Å². The molecule has 138 valence electrons. The molecule has 1 amide bonds. The van der Waals surface area contributed by atoms with Crippen LogP contribution in [0.25, 0.3) is 0 Å². The zero-order valence-corrected chi connectivity index (χ0v) is 15.9. The van der Waals surface area contributed by atoms with E-state index in [1.165, 1.54) is 24.0 Å². The molecule has 0 heterocycles. The Labute approximate surface area is 159 Å². The van der Waals surface area contributed by atoms with Crippen LogP contribution in [-0.4, -0.2) is 19.1 Å².